The van der Waals surface area contributed by atoms with Crippen molar-refractivity contribution in [2.24, 2.45) is 5.92 Å². The van der Waals surface area contributed by atoms with Crippen LogP contribution in [0.25, 0.3) is 0 Å². The average molecular weight is 372 g/mol. The third-order valence-corrected chi connectivity index (χ3v) is 4.59. The molecule has 0 aromatic heterocycles. The number of benzene rings is 2. The number of hydrazine groups is 1. The van der Waals surface area contributed by atoms with Crippen LogP contribution in [-0.2, 0) is 9.59 Å². The number of halogens is 1. The van der Waals surface area contributed by atoms with E-state index in [2.05, 4.69) is 10.9 Å². The van der Waals surface area contributed by atoms with E-state index in [0.29, 0.717) is 5.02 Å². The molecule has 7 heteroatoms. The van der Waals surface area contributed by atoms with Gasteiger partial charge < -0.3 is 4.90 Å². The Morgan fingerprint density at radius 1 is 1.08 bits per heavy atom. The first-order chi connectivity index (χ1) is 12.5. The fraction of sp³-hybridized carbons (Fsp3) is 0.211. The van der Waals surface area contributed by atoms with Crippen LogP contribution >= 0.6 is 11.6 Å². The smallest absolute Gasteiger partial charge is 0.271 e. The lowest BCUT2D eigenvalue weighted by Gasteiger charge is -2.17. The van der Waals surface area contributed by atoms with Crippen LogP contribution in [0.4, 0.5) is 5.69 Å². The van der Waals surface area contributed by atoms with Crippen molar-refractivity contribution < 1.29 is 14.4 Å². The normalized spacial score (nSPS) is 16.5. The maximum atomic E-state index is 12.3. The summed E-state index contributed by atoms with van der Waals surface area (Å²) in [7, 11) is 0. The van der Waals surface area contributed by atoms with Gasteiger partial charge in [0, 0.05) is 18.7 Å². The highest BCUT2D eigenvalue weighted by Crippen LogP contribution is 2.25. The molecule has 0 saturated carbocycles. The first kappa shape index (κ1) is 17.9. The van der Waals surface area contributed by atoms with Crippen LogP contribution < -0.4 is 15.8 Å². The van der Waals surface area contributed by atoms with Gasteiger partial charge in [-0.05, 0) is 31.2 Å². The predicted molar refractivity (Wildman–Crippen MR) is 98.7 cm³/mol. The van der Waals surface area contributed by atoms with Crippen molar-refractivity contribution >= 4 is 35.0 Å². The molecule has 1 aliphatic heterocycles. The van der Waals surface area contributed by atoms with E-state index < -0.39 is 17.7 Å². The number of carbonyl (C=O) groups is 3. The van der Waals surface area contributed by atoms with Gasteiger partial charge in [0.15, 0.2) is 0 Å². The summed E-state index contributed by atoms with van der Waals surface area (Å²) in [4.78, 5) is 38.2. The molecule has 0 spiro atoms. The van der Waals surface area contributed by atoms with E-state index >= 15 is 0 Å². The molecule has 1 saturated heterocycles. The third-order valence-electron chi connectivity index (χ3n) is 4.26. The maximum Gasteiger partial charge on any atom is 0.271 e. The second kappa shape index (κ2) is 7.58. The second-order valence-corrected chi connectivity index (χ2v) is 6.57. The topological polar surface area (TPSA) is 78.5 Å². The quantitative estimate of drug-likeness (QED) is 0.813. The van der Waals surface area contributed by atoms with E-state index in [1.165, 1.54) is 0 Å². The van der Waals surface area contributed by atoms with E-state index in [0.717, 1.165) is 11.3 Å². The van der Waals surface area contributed by atoms with E-state index in [9.17, 15) is 14.4 Å². The Bertz CT molecular complexity index is 851. The Hall–Kier alpha value is -2.86. The van der Waals surface area contributed by atoms with Crippen LogP contribution in [0.15, 0.2) is 48.5 Å². The summed E-state index contributed by atoms with van der Waals surface area (Å²) in [5.41, 5.74) is 6.83. The van der Waals surface area contributed by atoms with E-state index in [4.69, 9.17) is 11.6 Å². The molecule has 2 aromatic rings. The van der Waals surface area contributed by atoms with Gasteiger partial charge in [0.25, 0.3) is 5.91 Å². The molecule has 26 heavy (non-hydrogen) atoms. The molecule has 1 heterocycles. The number of aryl methyl sites for hydroxylation is 1. The van der Waals surface area contributed by atoms with Crippen molar-refractivity contribution in [2.75, 3.05) is 11.4 Å². The third kappa shape index (κ3) is 3.86. The van der Waals surface area contributed by atoms with Gasteiger partial charge in [0.1, 0.15) is 0 Å². The molecule has 3 rings (SSSR count). The first-order valence-electron chi connectivity index (χ1n) is 8.17. The molecule has 0 radical (unpaired) electrons. The molecule has 3 amide bonds. The molecule has 0 aliphatic carbocycles. The van der Waals surface area contributed by atoms with Crippen molar-refractivity contribution in [3.63, 3.8) is 0 Å². The van der Waals surface area contributed by atoms with Crippen LogP contribution in [0, 0.1) is 12.8 Å². The largest absolute Gasteiger partial charge is 0.312 e. The molecule has 134 valence electrons. The number of hydrogen-bond acceptors (Lipinski definition) is 3. The van der Waals surface area contributed by atoms with Gasteiger partial charge in [0.2, 0.25) is 11.8 Å². The van der Waals surface area contributed by atoms with E-state index in [1.807, 2.05) is 31.2 Å². The molecule has 6 nitrogen and oxygen atoms in total. The van der Waals surface area contributed by atoms with Gasteiger partial charge in [-0.3, -0.25) is 25.2 Å². The minimum absolute atomic E-state index is 0.0989. The highest BCUT2D eigenvalue weighted by Gasteiger charge is 2.35. The van der Waals surface area contributed by atoms with Crippen molar-refractivity contribution in [3.8, 4) is 0 Å². The van der Waals surface area contributed by atoms with Crippen LogP contribution in [-0.4, -0.2) is 24.3 Å². The summed E-state index contributed by atoms with van der Waals surface area (Å²) < 4.78 is 0. The number of carbonyl (C=O) groups excluding carboxylic acids is 3. The minimum Gasteiger partial charge on any atom is -0.312 e. The molecule has 2 N–H and O–H groups in total. The minimum atomic E-state index is -0.532. The van der Waals surface area contributed by atoms with Crippen LogP contribution in [0.3, 0.4) is 0 Å². The lowest BCUT2D eigenvalue weighted by Crippen LogP contribution is -2.45. The summed E-state index contributed by atoms with van der Waals surface area (Å²) in [6.07, 6.45) is 0.0989. The fourth-order valence-electron chi connectivity index (χ4n) is 2.79. The molecule has 1 fully saturated rings. The number of nitrogens with one attached hydrogen (secondary N) is 2. The van der Waals surface area contributed by atoms with Crippen LogP contribution in [0.2, 0.25) is 5.02 Å². The lowest BCUT2D eigenvalue weighted by molar-refractivity contribution is -0.126. The van der Waals surface area contributed by atoms with Gasteiger partial charge in [-0.1, -0.05) is 41.4 Å². The van der Waals surface area contributed by atoms with Crippen LogP contribution in [0.5, 0.6) is 0 Å². The molecule has 1 atom stereocenters. The number of amides is 3. The van der Waals surface area contributed by atoms with Crippen molar-refractivity contribution in [2.45, 2.75) is 13.3 Å². The zero-order valence-corrected chi connectivity index (χ0v) is 14.9. The Morgan fingerprint density at radius 3 is 2.46 bits per heavy atom. The summed E-state index contributed by atoms with van der Waals surface area (Å²) >= 11 is 5.95. The van der Waals surface area contributed by atoms with Gasteiger partial charge in [-0.25, -0.2) is 0 Å². The molecular weight excluding hydrogens is 354 g/mol. The zero-order chi connectivity index (χ0) is 18.7. The standard InChI is InChI=1S/C19H18ClN3O3/c1-12-6-8-14(9-7-12)23-11-13(10-17(23)24)18(25)21-22-19(26)15-4-2-3-5-16(15)20/h2-9,13H,10-11H2,1H3,(H,21,25)(H,22,26)/t13-/m1/s1. The Kier molecular flexibility index (Phi) is 5.23. The molecular formula is C19H18ClN3O3. The maximum absolute atomic E-state index is 12.3. The highest BCUT2D eigenvalue weighted by atomic mass is 35.5. The van der Waals surface area contributed by atoms with E-state index in [1.54, 1.807) is 29.2 Å². The molecule has 1 aliphatic rings. The van der Waals surface area contributed by atoms with E-state index in [-0.39, 0.29) is 24.4 Å². The molecule has 2 aromatic carbocycles. The number of anilines is 1. The summed E-state index contributed by atoms with van der Waals surface area (Å²) in [5.74, 6) is -1.57. The first-order valence-corrected chi connectivity index (χ1v) is 8.55. The van der Waals surface area contributed by atoms with Crippen molar-refractivity contribution in [1.29, 1.82) is 0 Å². The number of nitrogens with zero attached hydrogens (tertiary/aromatic N) is 1. The SMILES string of the molecule is Cc1ccc(N2C[C@H](C(=O)NNC(=O)c3ccccc3Cl)CC2=O)cc1. The predicted octanol–water partition coefficient (Wildman–Crippen LogP) is 2.46. The molecule has 0 bridgehead atoms. The number of rotatable bonds is 3. The van der Waals surface area contributed by atoms with Gasteiger partial charge in [0.05, 0.1) is 16.5 Å². The van der Waals surface area contributed by atoms with Crippen molar-refractivity contribution in [1.82, 2.24) is 10.9 Å². The Morgan fingerprint density at radius 2 is 1.77 bits per heavy atom. The zero-order valence-electron chi connectivity index (χ0n) is 14.2. The van der Waals surface area contributed by atoms with Gasteiger partial charge in [-0.2, -0.15) is 0 Å². The summed E-state index contributed by atoms with van der Waals surface area (Å²) in [6.45, 7) is 2.24. The summed E-state index contributed by atoms with van der Waals surface area (Å²) in [6, 6.07) is 14.1. The Balaban J connectivity index is 1.59. The fourth-order valence-corrected chi connectivity index (χ4v) is 3.01. The van der Waals surface area contributed by atoms with Crippen LogP contribution in [0.1, 0.15) is 22.3 Å². The number of hydrogen-bond donors (Lipinski definition) is 2. The van der Waals surface area contributed by atoms with Gasteiger partial charge in [-0.15, -0.1) is 0 Å². The Labute approximate surface area is 156 Å². The summed E-state index contributed by atoms with van der Waals surface area (Å²) in [5, 5.41) is 0.292. The van der Waals surface area contributed by atoms with Crippen molar-refractivity contribution in [3.05, 3.63) is 64.7 Å². The molecule has 0 unspecified atom stereocenters. The lowest BCUT2D eigenvalue weighted by atomic mass is 10.1. The average Bonchev–Trinajstić information content (AvgIpc) is 3.02. The highest BCUT2D eigenvalue weighted by molar-refractivity contribution is 6.33. The second-order valence-electron chi connectivity index (χ2n) is 6.16. The van der Waals surface area contributed by atoms with Gasteiger partial charge >= 0.3 is 0 Å². The monoisotopic (exact) mass is 371 g/mol.